The van der Waals surface area contributed by atoms with Gasteiger partial charge in [0.05, 0.1) is 22.5 Å². The molecule has 1 aromatic carbocycles. The average Bonchev–Trinajstić information content (AvgIpc) is 3.28. The van der Waals surface area contributed by atoms with Crippen molar-refractivity contribution in [1.29, 1.82) is 0 Å². The van der Waals surface area contributed by atoms with Crippen LogP contribution in [0.3, 0.4) is 0 Å². The lowest BCUT2D eigenvalue weighted by Gasteiger charge is -2.12. The Morgan fingerprint density at radius 2 is 1.75 bits per heavy atom. The Morgan fingerprint density at radius 3 is 2.40 bits per heavy atom. The van der Waals surface area contributed by atoms with Crippen LogP contribution in [0.4, 0.5) is 52.7 Å². The van der Waals surface area contributed by atoms with Gasteiger partial charge in [0.15, 0.2) is 5.69 Å². The van der Waals surface area contributed by atoms with Crippen LogP contribution in [0.5, 0.6) is 0 Å². The van der Waals surface area contributed by atoms with Crippen molar-refractivity contribution in [1.82, 2.24) is 24.7 Å². The molecule has 208 valence electrons. The van der Waals surface area contributed by atoms with Gasteiger partial charge in [0, 0.05) is 30.1 Å². The summed E-state index contributed by atoms with van der Waals surface area (Å²) in [5.41, 5.74) is -0.198. The summed E-state index contributed by atoms with van der Waals surface area (Å²) in [4.78, 5) is 36.3. The predicted octanol–water partition coefficient (Wildman–Crippen LogP) is 5.90. The Morgan fingerprint density at radius 1 is 1.00 bits per heavy atom. The number of amides is 2. The molecule has 5 N–H and O–H groups in total. The number of nitrogens with one attached hydrogen (secondary N) is 4. The second-order valence-corrected chi connectivity index (χ2v) is 8.61. The Balaban J connectivity index is 1.41. The molecule has 0 aliphatic carbocycles. The van der Waals surface area contributed by atoms with Crippen LogP contribution in [-0.2, 0) is 12.7 Å². The number of nitrogens with zero attached hydrogens (tertiary/aromatic N) is 5. The second kappa shape index (κ2) is 11.4. The molecule has 0 radical (unpaired) electrons. The van der Waals surface area contributed by atoms with Gasteiger partial charge in [0.2, 0.25) is 5.95 Å². The van der Waals surface area contributed by atoms with E-state index in [1.54, 1.807) is 19.1 Å². The van der Waals surface area contributed by atoms with Crippen LogP contribution in [0.1, 0.15) is 28.7 Å². The van der Waals surface area contributed by atoms with E-state index in [1.165, 1.54) is 29.1 Å². The summed E-state index contributed by atoms with van der Waals surface area (Å²) >= 11 is 5.60. The van der Waals surface area contributed by atoms with Crippen LogP contribution >= 0.6 is 11.6 Å². The molecule has 0 bridgehead atoms. The van der Waals surface area contributed by atoms with Gasteiger partial charge in [-0.3, -0.25) is 5.32 Å². The number of aromatic carboxylic acids is 1. The van der Waals surface area contributed by atoms with Gasteiger partial charge < -0.3 is 21.1 Å². The smallest absolute Gasteiger partial charge is 0.417 e. The van der Waals surface area contributed by atoms with E-state index in [0.717, 1.165) is 12.1 Å². The molecule has 0 unspecified atom stereocenters. The Bertz CT molecular complexity index is 1560. The number of halogens is 4. The zero-order valence-corrected chi connectivity index (χ0v) is 21.6. The Labute approximate surface area is 229 Å². The van der Waals surface area contributed by atoms with E-state index in [4.69, 9.17) is 11.6 Å². The van der Waals surface area contributed by atoms with Crippen molar-refractivity contribution in [2.45, 2.75) is 26.6 Å². The monoisotopic (exact) mass is 575 g/mol. The lowest BCUT2D eigenvalue weighted by molar-refractivity contribution is -0.137. The number of aryl methyl sites for hydroxylation is 2. The number of carbonyl (C=O) groups is 2. The molecule has 4 rings (SSSR count). The van der Waals surface area contributed by atoms with Crippen LogP contribution in [0, 0.1) is 6.92 Å². The number of alkyl halides is 3. The van der Waals surface area contributed by atoms with Gasteiger partial charge in [-0.05, 0) is 44.2 Å². The molecule has 3 aromatic heterocycles. The summed E-state index contributed by atoms with van der Waals surface area (Å²) in [6.07, 6.45) is -3.28. The van der Waals surface area contributed by atoms with Crippen LogP contribution in [-0.4, -0.2) is 41.8 Å². The summed E-state index contributed by atoms with van der Waals surface area (Å²) in [7, 11) is 0. The highest BCUT2D eigenvalue weighted by Crippen LogP contribution is 2.36. The molecule has 0 spiro atoms. The maximum atomic E-state index is 13.0. The molecule has 12 nitrogen and oxygen atoms in total. The molecule has 3 heterocycles. The number of urea groups is 1. The molecule has 2 amide bonds. The minimum atomic E-state index is -4.67. The first-order valence-corrected chi connectivity index (χ1v) is 11.9. The first-order valence-electron chi connectivity index (χ1n) is 11.5. The Hall–Kier alpha value is -4.92. The summed E-state index contributed by atoms with van der Waals surface area (Å²) in [5, 5.41) is 23.5. The topological polar surface area (TPSA) is 159 Å². The molecule has 0 saturated carbocycles. The number of carbonyl (C=O) groups excluding carboxylic acids is 1. The highest BCUT2D eigenvalue weighted by atomic mass is 35.5. The summed E-state index contributed by atoms with van der Waals surface area (Å²) in [6.45, 7) is 4.00. The molecule has 0 fully saturated rings. The quantitative estimate of drug-likeness (QED) is 0.172. The van der Waals surface area contributed by atoms with Crippen molar-refractivity contribution in [2.24, 2.45) is 0 Å². The molecule has 0 aliphatic rings. The van der Waals surface area contributed by atoms with E-state index >= 15 is 0 Å². The number of aromatic nitrogens is 5. The van der Waals surface area contributed by atoms with Gasteiger partial charge in [0.1, 0.15) is 17.5 Å². The normalized spacial score (nSPS) is 11.2. The van der Waals surface area contributed by atoms with Gasteiger partial charge in [-0.15, -0.1) is 0 Å². The van der Waals surface area contributed by atoms with Crippen LogP contribution < -0.4 is 21.3 Å². The fourth-order valence-corrected chi connectivity index (χ4v) is 3.68. The van der Waals surface area contributed by atoms with Crippen molar-refractivity contribution in [3.05, 3.63) is 70.6 Å². The minimum absolute atomic E-state index is 0.102. The number of carboxylic acid groups (broad SMARTS) is 1. The highest BCUT2D eigenvalue weighted by molar-refractivity contribution is 6.31. The van der Waals surface area contributed by atoms with Gasteiger partial charge in [-0.25, -0.2) is 24.2 Å². The third kappa shape index (κ3) is 6.93. The molecule has 0 saturated heterocycles. The zero-order valence-electron chi connectivity index (χ0n) is 20.8. The molecular formula is C24H21ClF3N9O3. The molecule has 4 aromatic rings. The summed E-state index contributed by atoms with van der Waals surface area (Å²) in [6, 6.07) is 8.31. The SMILES string of the molecule is CCn1nc(C(=O)O)cc1Nc1cc(C)nc(Nc2ccc(NC(=O)Nc3ccc(Cl)c(C(F)(F)F)c3)nc2)n1. The maximum Gasteiger partial charge on any atom is 0.417 e. The van der Waals surface area contributed by atoms with Crippen LogP contribution in [0.25, 0.3) is 0 Å². The number of hydrogen-bond acceptors (Lipinski definition) is 8. The van der Waals surface area contributed by atoms with Crippen molar-refractivity contribution in [2.75, 3.05) is 21.3 Å². The zero-order chi connectivity index (χ0) is 29.0. The molecule has 0 atom stereocenters. The van der Waals surface area contributed by atoms with Crippen LogP contribution in [0.15, 0.2) is 48.7 Å². The molecule has 16 heteroatoms. The second-order valence-electron chi connectivity index (χ2n) is 8.21. The number of carboxylic acids is 1. The van der Waals surface area contributed by atoms with Gasteiger partial charge in [0.25, 0.3) is 0 Å². The first-order chi connectivity index (χ1) is 18.9. The highest BCUT2D eigenvalue weighted by Gasteiger charge is 2.33. The maximum absolute atomic E-state index is 13.0. The number of benzene rings is 1. The minimum Gasteiger partial charge on any atom is -0.476 e. The number of rotatable bonds is 8. The first kappa shape index (κ1) is 28.1. The predicted molar refractivity (Wildman–Crippen MR) is 142 cm³/mol. The van der Waals surface area contributed by atoms with Crippen molar-refractivity contribution in [3.63, 3.8) is 0 Å². The largest absolute Gasteiger partial charge is 0.476 e. The molecular weight excluding hydrogens is 555 g/mol. The van der Waals surface area contributed by atoms with E-state index in [2.05, 4.69) is 41.3 Å². The van der Waals surface area contributed by atoms with E-state index in [9.17, 15) is 27.9 Å². The molecule has 40 heavy (non-hydrogen) atoms. The fraction of sp³-hybridized carbons (Fsp3) is 0.167. The lowest BCUT2D eigenvalue weighted by Crippen LogP contribution is -2.20. The summed E-state index contributed by atoms with van der Waals surface area (Å²) in [5.74, 6) is 0.0162. The Kier molecular flexibility index (Phi) is 8.04. The third-order valence-electron chi connectivity index (χ3n) is 5.20. The number of hydrogen-bond donors (Lipinski definition) is 5. The third-order valence-corrected chi connectivity index (χ3v) is 5.53. The standard InChI is InChI=1S/C24H21ClF3N9O3/c1-3-37-20(10-17(36-37)21(38)39)33-19-8-12(2)30-22(34-19)31-14-5-7-18(29-11-14)35-23(40)32-13-4-6-16(25)15(9-13)24(26,27)28/h4-11H,3H2,1-2H3,(H,38,39)(H2,29,32,35,40)(H2,30,31,33,34). The van der Waals surface area contributed by atoms with Crippen LogP contribution in [0.2, 0.25) is 5.02 Å². The van der Waals surface area contributed by atoms with E-state index in [1.807, 2.05) is 6.92 Å². The van der Waals surface area contributed by atoms with E-state index in [0.29, 0.717) is 29.6 Å². The van der Waals surface area contributed by atoms with E-state index < -0.39 is 28.8 Å². The average molecular weight is 576 g/mol. The van der Waals surface area contributed by atoms with Gasteiger partial charge in [-0.2, -0.15) is 23.3 Å². The molecule has 0 aliphatic heterocycles. The number of pyridine rings is 1. The van der Waals surface area contributed by atoms with Crippen molar-refractivity contribution < 1.29 is 27.9 Å². The van der Waals surface area contributed by atoms with Gasteiger partial charge >= 0.3 is 18.2 Å². The van der Waals surface area contributed by atoms with E-state index in [-0.39, 0.29) is 23.1 Å². The van der Waals surface area contributed by atoms with Crippen molar-refractivity contribution in [3.8, 4) is 0 Å². The number of anilines is 6. The lowest BCUT2D eigenvalue weighted by atomic mass is 10.2. The van der Waals surface area contributed by atoms with Crippen molar-refractivity contribution >= 4 is 58.4 Å². The summed E-state index contributed by atoms with van der Waals surface area (Å²) < 4.78 is 40.6. The van der Waals surface area contributed by atoms with Gasteiger partial charge in [-0.1, -0.05) is 11.6 Å². The fourth-order valence-electron chi connectivity index (χ4n) is 3.45.